The first-order chi connectivity index (χ1) is 13.5. The van der Waals surface area contributed by atoms with Crippen LogP contribution in [0.1, 0.15) is 17.2 Å². The van der Waals surface area contributed by atoms with Crippen LogP contribution in [0.2, 0.25) is 0 Å². The van der Waals surface area contributed by atoms with Crippen LogP contribution in [0.5, 0.6) is 0 Å². The number of anilines is 1. The molecule has 0 saturated carbocycles. The maximum Gasteiger partial charge on any atom is 0.292 e. The van der Waals surface area contributed by atoms with Gasteiger partial charge < -0.3 is 14.8 Å². The Bertz CT molecular complexity index is 819. The van der Waals surface area contributed by atoms with Crippen LogP contribution >= 0.6 is 0 Å². The number of ether oxygens (including phenoxy) is 1. The molecule has 0 radical (unpaired) electrons. The fourth-order valence-electron chi connectivity index (χ4n) is 3.71. The zero-order valence-electron chi connectivity index (χ0n) is 16.1. The van der Waals surface area contributed by atoms with Gasteiger partial charge in [0.25, 0.3) is 5.69 Å². The Balaban J connectivity index is 1.88. The number of nitro groups is 1. The fourth-order valence-corrected chi connectivity index (χ4v) is 3.71. The molecule has 148 valence electrons. The minimum absolute atomic E-state index is 0.0436. The molecule has 0 aliphatic carbocycles. The Morgan fingerprint density at radius 3 is 2.54 bits per heavy atom. The van der Waals surface area contributed by atoms with Crippen LogP contribution in [0.3, 0.4) is 0 Å². The zero-order valence-corrected chi connectivity index (χ0v) is 16.1. The van der Waals surface area contributed by atoms with Gasteiger partial charge in [0.05, 0.1) is 17.6 Å². The third kappa shape index (κ3) is 4.37. The van der Waals surface area contributed by atoms with Gasteiger partial charge in [0, 0.05) is 32.2 Å². The maximum absolute atomic E-state index is 12.0. The van der Waals surface area contributed by atoms with E-state index in [4.69, 9.17) is 4.74 Å². The Hall–Kier alpha value is -2.77. The molecule has 1 fully saturated rings. The van der Waals surface area contributed by atoms with Gasteiger partial charge in [0.15, 0.2) is 0 Å². The number of rotatable bonds is 9. The summed E-state index contributed by atoms with van der Waals surface area (Å²) in [6, 6.07) is 13.6. The van der Waals surface area contributed by atoms with E-state index in [9.17, 15) is 14.9 Å². The van der Waals surface area contributed by atoms with Gasteiger partial charge in [-0.15, -0.1) is 0 Å². The standard InChI is InChI=1S/C21H25N3O4/c1-15-7-9-17(10-8-15)21(23-11-16(12-23)14-28-2)19(13-25)22-18-5-3-4-6-20(18)24(26)27/h3-10,13,16,19,21-22H,11-12,14H2,1-2H3. The average Bonchev–Trinajstić information content (AvgIpc) is 2.66. The maximum atomic E-state index is 12.0. The van der Waals surface area contributed by atoms with Crippen LogP contribution in [-0.4, -0.2) is 49.0 Å². The lowest BCUT2D eigenvalue weighted by atomic mass is 9.90. The molecular weight excluding hydrogens is 358 g/mol. The van der Waals surface area contributed by atoms with Gasteiger partial charge in [-0.25, -0.2) is 0 Å². The molecule has 0 amide bonds. The first-order valence-corrected chi connectivity index (χ1v) is 9.28. The van der Waals surface area contributed by atoms with E-state index in [2.05, 4.69) is 10.2 Å². The van der Waals surface area contributed by atoms with Crippen molar-refractivity contribution in [3.05, 3.63) is 69.8 Å². The molecule has 2 unspecified atom stereocenters. The summed E-state index contributed by atoms with van der Waals surface area (Å²) >= 11 is 0. The summed E-state index contributed by atoms with van der Waals surface area (Å²) in [6.45, 7) is 4.32. The Morgan fingerprint density at radius 2 is 1.93 bits per heavy atom. The summed E-state index contributed by atoms with van der Waals surface area (Å²) in [7, 11) is 1.68. The Labute approximate surface area is 164 Å². The third-order valence-corrected chi connectivity index (χ3v) is 5.11. The van der Waals surface area contributed by atoms with E-state index in [1.54, 1.807) is 25.3 Å². The van der Waals surface area contributed by atoms with Crippen molar-refractivity contribution in [2.24, 2.45) is 5.92 Å². The second-order valence-electron chi connectivity index (χ2n) is 7.21. The molecule has 28 heavy (non-hydrogen) atoms. The minimum atomic E-state index is -0.618. The number of hydrogen-bond acceptors (Lipinski definition) is 6. The number of nitrogens with one attached hydrogen (secondary N) is 1. The second kappa shape index (κ2) is 8.95. The molecule has 3 rings (SSSR count). The van der Waals surface area contributed by atoms with Gasteiger partial charge in [0.2, 0.25) is 0 Å². The number of benzene rings is 2. The topological polar surface area (TPSA) is 84.7 Å². The zero-order chi connectivity index (χ0) is 20.1. The lowest BCUT2D eigenvalue weighted by Gasteiger charge is -2.46. The Kier molecular flexibility index (Phi) is 6.38. The van der Waals surface area contributed by atoms with Crippen LogP contribution in [0, 0.1) is 23.0 Å². The highest BCUT2D eigenvalue weighted by Crippen LogP contribution is 2.34. The predicted molar refractivity (Wildman–Crippen MR) is 107 cm³/mol. The molecule has 0 bridgehead atoms. The third-order valence-electron chi connectivity index (χ3n) is 5.11. The highest BCUT2D eigenvalue weighted by atomic mass is 16.6. The fraction of sp³-hybridized carbons (Fsp3) is 0.381. The number of nitro benzene ring substituents is 1. The van der Waals surface area contributed by atoms with Crippen LogP contribution in [0.4, 0.5) is 11.4 Å². The molecule has 1 aliphatic rings. The number of para-hydroxylation sites is 2. The first kappa shape index (κ1) is 20.0. The number of likely N-dealkylation sites (tertiary alicyclic amines) is 1. The summed E-state index contributed by atoms with van der Waals surface area (Å²) in [5.74, 6) is 0.427. The molecule has 1 N–H and O–H groups in total. The van der Waals surface area contributed by atoms with Gasteiger partial charge in [0.1, 0.15) is 18.0 Å². The highest BCUT2D eigenvalue weighted by molar-refractivity contribution is 5.71. The van der Waals surface area contributed by atoms with E-state index in [0.717, 1.165) is 30.5 Å². The van der Waals surface area contributed by atoms with Crippen LogP contribution < -0.4 is 5.32 Å². The van der Waals surface area contributed by atoms with Crippen molar-refractivity contribution in [2.45, 2.75) is 19.0 Å². The largest absolute Gasteiger partial charge is 0.384 e. The van der Waals surface area contributed by atoms with E-state index in [1.807, 2.05) is 31.2 Å². The van der Waals surface area contributed by atoms with Crippen molar-refractivity contribution >= 4 is 17.7 Å². The molecule has 2 aromatic rings. The molecule has 1 heterocycles. The van der Waals surface area contributed by atoms with Crippen LogP contribution in [-0.2, 0) is 9.53 Å². The minimum Gasteiger partial charge on any atom is -0.384 e. The molecule has 7 nitrogen and oxygen atoms in total. The monoisotopic (exact) mass is 383 g/mol. The number of nitrogens with zero attached hydrogens (tertiary/aromatic N) is 2. The van der Waals surface area contributed by atoms with Crippen molar-refractivity contribution in [1.82, 2.24) is 4.90 Å². The predicted octanol–water partition coefficient (Wildman–Crippen LogP) is 3.20. The molecule has 2 atom stereocenters. The summed E-state index contributed by atoms with van der Waals surface area (Å²) in [5, 5.41) is 14.4. The van der Waals surface area contributed by atoms with E-state index in [1.165, 1.54) is 6.07 Å². The average molecular weight is 383 g/mol. The highest BCUT2D eigenvalue weighted by Gasteiger charge is 2.37. The van der Waals surface area contributed by atoms with E-state index in [-0.39, 0.29) is 11.7 Å². The Morgan fingerprint density at radius 1 is 1.25 bits per heavy atom. The van der Waals surface area contributed by atoms with Crippen molar-refractivity contribution < 1.29 is 14.5 Å². The number of aldehydes is 1. The SMILES string of the molecule is COCC1CN(C(c2ccc(C)cc2)C(C=O)Nc2ccccc2[N+](=O)[O-])C1. The lowest BCUT2D eigenvalue weighted by Crippen LogP contribution is -2.54. The molecule has 0 aromatic heterocycles. The number of carbonyl (C=O) groups is 1. The molecule has 1 saturated heterocycles. The number of hydrogen-bond donors (Lipinski definition) is 1. The van der Waals surface area contributed by atoms with Crippen molar-refractivity contribution in [1.29, 1.82) is 0 Å². The lowest BCUT2D eigenvalue weighted by molar-refractivity contribution is -0.384. The number of carbonyl (C=O) groups excluding carboxylic acids is 1. The van der Waals surface area contributed by atoms with Gasteiger partial charge in [-0.1, -0.05) is 42.0 Å². The van der Waals surface area contributed by atoms with Crippen molar-refractivity contribution in [3.63, 3.8) is 0 Å². The van der Waals surface area contributed by atoms with Crippen molar-refractivity contribution in [3.8, 4) is 0 Å². The van der Waals surface area contributed by atoms with Crippen molar-refractivity contribution in [2.75, 3.05) is 32.1 Å². The van der Waals surface area contributed by atoms with Gasteiger partial charge >= 0.3 is 0 Å². The second-order valence-corrected chi connectivity index (χ2v) is 7.21. The van der Waals surface area contributed by atoms with E-state index < -0.39 is 11.0 Å². The summed E-state index contributed by atoms with van der Waals surface area (Å²) < 4.78 is 5.23. The van der Waals surface area contributed by atoms with Gasteiger partial charge in [-0.2, -0.15) is 0 Å². The quantitative estimate of drug-likeness (QED) is 0.407. The summed E-state index contributed by atoms with van der Waals surface area (Å²) in [4.78, 5) is 25.2. The molecular formula is C21H25N3O4. The smallest absolute Gasteiger partial charge is 0.292 e. The number of methoxy groups -OCH3 is 1. The molecule has 0 spiro atoms. The van der Waals surface area contributed by atoms with Gasteiger partial charge in [-0.05, 0) is 18.6 Å². The first-order valence-electron chi connectivity index (χ1n) is 9.28. The summed E-state index contributed by atoms with van der Waals surface area (Å²) in [5.41, 5.74) is 2.44. The van der Waals surface area contributed by atoms with E-state index >= 15 is 0 Å². The van der Waals surface area contributed by atoms with Crippen LogP contribution in [0.25, 0.3) is 0 Å². The van der Waals surface area contributed by atoms with E-state index in [0.29, 0.717) is 18.2 Å². The molecule has 7 heteroatoms. The van der Waals surface area contributed by atoms with Gasteiger partial charge in [-0.3, -0.25) is 15.0 Å². The van der Waals surface area contributed by atoms with Crippen LogP contribution in [0.15, 0.2) is 48.5 Å². The molecule has 1 aliphatic heterocycles. The number of aryl methyl sites for hydroxylation is 1. The normalized spacial score (nSPS) is 16.8. The summed E-state index contributed by atoms with van der Waals surface area (Å²) in [6.07, 6.45) is 0.838. The molecule has 2 aromatic carbocycles.